The van der Waals surface area contributed by atoms with Crippen LogP contribution in [-0.4, -0.2) is 19.5 Å². The summed E-state index contributed by atoms with van der Waals surface area (Å²) in [6, 6.07) is 44.5. The lowest BCUT2D eigenvalue weighted by Crippen LogP contribution is -2.10. The number of aromatic nitrogens is 4. The molecule has 0 spiro atoms. The minimum absolute atomic E-state index is 0.178. The van der Waals surface area contributed by atoms with Gasteiger partial charge in [0.15, 0.2) is 17.5 Å². The van der Waals surface area contributed by atoms with Gasteiger partial charge < -0.3 is 4.57 Å². The largest absolute Gasteiger partial charge is 0.416 e. The second-order valence-corrected chi connectivity index (χ2v) is 18.4. The van der Waals surface area contributed by atoms with Crippen molar-refractivity contribution in [2.45, 2.75) is 64.7 Å². The molecule has 0 unspecified atom stereocenters. The van der Waals surface area contributed by atoms with Gasteiger partial charge in [0.05, 0.1) is 27.8 Å². The van der Waals surface area contributed by atoms with Crippen molar-refractivity contribution in [2.24, 2.45) is 0 Å². The molecule has 4 nitrogen and oxygen atoms in total. The van der Waals surface area contributed by atoms with Gasteiger partial charge in [0.2, 0.25) is 0 Å². The van der Waals surface area contributed by atoms with Crippen molar-refractivity contribution in [2.75, 3.05) is 0 Å². The molecular formula is C55H44F6N4. The summed E-state index contributed by atoms with van der Waals surface area (Å²) in [5.41, 5.74) is 4.51. The SMILES string of the molecule is CC(C)(C)c1ccc2c(c1)c1cc(C(C)(C)C)ccc1n2-c1c(-c2cccc(C(F)(F)F)c2)cc(-c2nc(-c3ccccc3)nc(-c3ccccc3)n2)cc1-c1cccc(C(F)(F)F)c1. The molecule has 0 amide bonds. The normalized spacial score (nSPS) is 12.6. The first-order valence-electron chi connectivity index (χ1n) is 21.2. The van der Waals surface area contributed by atoms with Crippen molar-refractivity contribution in [1.82, 2.24) is 19.5 Å². The molecule has 0 radical (unpaired) electrons. The number of alkyl halides is 6. The molecule has 65 heavy (non-hydrogen) atoms. The van der Waals surface area contributed by atoms with E-state index in [1.807, 2.05) is 89.5 Å². The lowest BCUT2D eigenvalue weighted by Gasteiger charge is -2.23. The van der Waals surface area contributed by atoms with Crippen molar-refractivity contribution in [3.8, 4) is 62.1 Å². The van der Waals surface area contributed by atoms with Gasteiger partial charge in [0, 0.05) is 38.6 Å². The molecule has 9 rings (SSSR count). The van der Waals surface area contributed by atoms with Gasteiger partial charge in [-0.3, -0.25) is 0 Å². The van der Waals surface area contributed by atoms with Crippen molar-refractivity contribution in [3.05, 3.63) is 180 Å². The molecule has 10 heteroatoms. The van der Waals surface area contributed by atoms with E-state index in [2.05, 4.69) is 53.7 Å². The number of hydrogen-bond donors (Lipinski definition) is 0. The van der Waals surface area contributed by atoms with E-state index >= 15 is 0 Å². The average molecular weight is 875 g/mol. The zero-order chi connectivity index (χ0) is 46.1. The van der Waals surface area contributed by atoms with Crippen LogP contribution in [0.2, 0.25) is 0 Å². The van der Waals surface area contributed by atoms with Gasteiger partial charge in [0.25, 0.3) is 0 Å². The Balaban J connectivity index is 1.47. The van der Waals surface area contributed by atoms with Gasteiger partial charge in [-0.1, -0.05) is 139 Å². The van der Waals surface area contributed by atoms with E-state index in [-0.39, 0.29) is 27.8 Å². The molecular weight excluding hydrogens is 831 g/mol. The molecule has 7 aromatic carbocycles. The van der Waals surface area contributed by atoms with Crippen molar-refractivity contribution in [1.29, 1.82) is 0 Å². The van der Waals surface area contributed by atoms with Crippen LogP contribution in [0.3, 0.4) is 0 Å². The van der Waals surface area contributed by atoms with E-state index in [1.165, 1.54) is 12.1 Å². The molecule has 0 N–H and O–H groups in total. The standard InChI is InChI=1S/C55H44F6N4/c1-52(2,3)38-23-25-46-44(31-38)45-32-39(53(4,5)6)24-26-47(45)65(46)48-42(35-19-13-21-40(27-35)54(56,57)58)29-37(30-43(48)36-20-14-22-41(28-36)55(59,60)61)51-63-49(33-15-9-7-10-16-33)62-50(64-51)34-17-11-8-12-18-34/h7-32H,1-6H3. The first-order chi connectivity index (χ1) is 30.7. The number of hydrogen-bond acceptors (Lipinski definition) is 3. The van der Waals surface area contributed by atoms with Gasteiger partial charge >= 0.3 is 12.4 Å². The molecule has 0 bridgehead atoms. The highest BCUT2D eigenvalue weighted by molar-refractivity contribution is 6.11. The van der Waals surface area contributed by atoms with Gasteiger partial charge in [0.1, 0.15) is 0 Å². The number of halogens is 6. The van der Waals surface area contributed by atoms with Crippen LogP contribution < -0.4 is 0 Å². The molecule has 0 aliphatic heterocycles. The molecule has 326 valence electrons. The summed E-state index contributed by atoms with van der Waals surface area (Å²) in [7, 11) is 0. The number of rotatable bonds is 6. The topological polar surface area (TPSA) is 43.6 Å². The van der Waals surface area contributed by atoms with Crippen LogP contribution in [0.15, 0.2) is 158 Å². The molecule has 0 atom stereocenters. The smallest absolute Gasteiger partial charge is 0.308 e. The van der Waals surface area contributed by atoms with Crippen LogP contribution >= 0.6 is 0 Å². The summed E-state index contributed by atoms with van der Waals surface area (Å²) in [5, 5.41) is 1.79. The second kappa shape index (κ2) is 15.9. The first-order valence-corrected chi connectivity index (χ1v) is 21.2. The Bertz CT molecular complexity index is 3040. The minimum Gasteiger partial charge on any atom is -0.308 e. The molecule has 2 aromatic heterocycles. The fourth-order valence-electron chi connectivity index (χ4n) is 8.31. The summed E-state index contributed by atoms with van der Waals surface area (Å²) in [6.45, 7) is 12.7. The van der Waals surface area contributed by atoms with Crippen LogP contribution in [0.25, 0.3) is 83.9 Å². The van der Waals surface area contributed by atoms with Crippen LogP contribution in [0.1, 0.15) is 63.8 Å². The molecule has 0 aliphatic rings. The Kier molecular flexibility index (Phi) is 10.5. The Morgan fingerprint density at radius 2 is 0.723 bits per heavy atom. The van der Waals surface area contributed by atoms with Crippen LogP contribution in [-0.2, 0) is 23.2 Å². The highest BCUT2D eigenvalue weighted by atomic mass is 19.4. The Hall–Kier alpha value is -7.07. The van der Waals surface area contributed by atoms with Gasteiger partial charge in [-0.05, 0) is 93.7 Å². The first kappa shape index (κ1) is 43.2. The summed E-state index contributed by atoms with van der Waals surface area (Å²) in [5.74, 6) is 0.857. The highest BCUT2D eigenvalue weighted by Gasteiger charge is 2.33. The second-order valence-electron chi connectivity index (χ2n) is 18.4. The molecule has 0 saturated heterocycles. The average Bonchev–Trinajstić information content (AvgIpc) is 3.61. The third-order valence-corrected chi connectivity index (χ3v) is 11.8. The Labute approximate surface area is 373 Å². The monoisotopic (exact) mass is 874 g/mol. The van der Waals surface area contributed by atoms with Gasteiger partial charge in [-0.25, -0.2) is 15.0 Å². The van der Waals surface area contributed by atoms with Gasteiger partial charge in [-0.2, -0.15) is 26.3 Å². The van der Waals surface area contributed by atoms with Crippen molar-refractivity contribution in [3.63, 3.8) is 0 Å². The van der Waals surface area contributed by atoms with E-state index in [1.54, 1.807) is 24.3 Å². The summed E-state index contributed by atoms with van der Waals surface area (Å²) >= 11 is 0. The van der Waals surface area contributed by atoms with Crippen LogP contribution in [0.4, 0.5) is 26.3 Å². The van der Waals surface area contributed by atoms with Crippen molar-refractivity contribution >= 4 is 21.8 Å². The zero-order valence-electron chi connectivity index (χ0n) is 36.6. The molecule has 0 aliphatic carbocycles. The van der Waals surface area contributed by atoms with E-state index < -0.39 is 23.5 Å². The van der Waals surface area contributed by atoms with E-state index in [4.69, 9.17) is 15.0 Å². The molecule has 9 aromatic rings. The number of fused-ring (bicyclic) bond motifs is 3. The molecule has 0 fully saturated rings. The maximum atomic E-state index is 14.7. The lowest BCUT2D eigenvalue weighted by molar-refractivity contribution is -0.138. The fourth-order valence-corrected chi connectivity index (χ4v) is 8.31. The van der Waals surface area contributed by atoms with Crippen LogP contribution in [0, 0.1) is 0 Å². The number of benzene rings is 7. The molecule has 2 heterocycles. The quantitative estimate of drug-likeness (QED) is 0.156. The predicted octanol–water partition coefficient (Wildman–Crippen LogP) is 15.9. The highest BCUT2D eigenvalue weighted by Crippen LogP contribution is 2.47. The third-order valence-electron chi connectivity index (χ3n) is 11.8. The Morgan fingerprint density at radius 1 is 0.354 bits per heavy atom. The fraction of sp³-hybridized carbons (Fsp3) is 0.182. The summed E-state index contributed by atoms with van der Waals surface area (Å²) in [4.78, 5) is 14.7. The van der Waals surface area contributed by atoms with E-state index in [9.17, 15) is 26.3 Å². The zero-order valence-corrected chi connectivity index (χ0v) is 36.6. The minimum atomic E-state index is -4.69. The van der Waals surface area contributed by atoms with E-state index in [0.717, 1.165) is 57.2 Å². The predicted molar refractivity (Wildman–Crippen MR) is 249 cm³/mol. The van der Waals surface area contributed by atoms with Crippen molar-refractivity contribution < 1.29 is 26.3 Å². The summed E-state index contributed by atoms with van der Waals surface area (Å²) in [6.07, 6.45) is -9.39. The Morgan fingerprint density at radius 3 is 1.09 bits per heavy atom. The third kappa shape index (κ3) is 8.41. The van der Waals surface area contributed by atoms with E-state index in [0.29, 0.717) is 45.2 Å². The number of nitrogens with zero attached hydrogens (tertiary/aromatic N) is 4. The summed E-state index contributed by atoms with van der Waals surface area (Å²) < 4.78 is 89.9. The molecule has 0 saturated carbocycles. The van der Waals surface area contributed by atoms with Gasteiger partial charge in [-0.15, -0.1) is 0 Å². The maximum absolute atomic E-state index is 14.7. The lowest BCUT2D eigenvalue weighted by atomic mass is 9.85. The van der Waals surface area contributed by atoms with Crippen LogP contribution in [0.5, 0.6) is 0 Å². The maximum Gasteiger partial charge on any atom is 0.416 e.